The number of nitrogens with one attached hydrogen (secondary N) is 2. The van der Waals surface area contributed by atoms with Gasteiger partial charge in [0.25, 0.3) is 17.7 Å². The van der Waals surface area contributed by atoms with E-state index >= 15 is 0 Å². The molecule has 2 aromatic rings. The molecule has 2 aromatic carbocycles. The number of fused-ring (bicyclic) bond motifs is 1. The highest BCUT2D eigenvalue weighted by molar-refractivity contribution is 6.22. The van der Waals surface area contributed by atoms with Crippen molar-refractivity contribution in [2.24, 2.45) is 0 Å². The molecule has 1 fully saturated rings. The summed E-state index contributed by atoms with van der Waals surface area (Å²) in [6.07, 6.45) is 6.53. The van der Waals surface area contributed by atoms with E-state index in [9.17, 15) is 14.4 Å². The minimum absolute atomic E-state index is 0.240. The van der Waals surface area contributed by atoms with Gasteiger partial charge in [-0.15, -0.1) is 0 Å². The van der Waals surface area contributed by atoms with Crippen molar-refractivity contribution < 1.29 is 14.4 Å². The molecule has 1 saturated carbocycles. The van der Waals surface area contributed by atoms with Gasteiger partial charge in [-0.25, -0.2) is 0 Å². The number of carbonyl (C=O) groups is 3. The summed E-state index contributed by atoms with van der Waals surface area (Å²) in [5.41, 5.74) is 2.79. The van der Waals surface area contributed by atoms with Gasteiger partial charge < -0.3 is 5.32 Å². The van der Waals surface area contributed by atoms with Crippen LogP contribution in [0.1, 0.15) is 68.7 Å². The van der Waals surface area contributed by atoms with E-state index < -0.39 is 11.8 Å². The van der Waals surface area contributed by atoms with Crippen LogP contribution in [0.3, 0.4) is 0 Å². The topological polar surface area (TPSA) is 78.5 Å². The van der Waals surface area contributed by atoms with Gasteiger partial charge in [-0.2, -0.15) is 0 Å². The van der Waals surface area contributed by atoms with Crippen LogP contribution in [0.15, 0.2) is 42.5 Å². The second-order valence-electron chi connectivity index (χ2n) is 7.90. The molecule has 1 heterocycles. The van der Waals surface area contributed by atoms with E-state index in [2.05, 4.69) is 22.6 Å². The van der Waals surface area contributed by atoms with Gasteiger partial charge in [-0.05, 0) is 55.8 Å². The Bertz CT molecular complexity index is 946. The van der Waals surface area contributed by atoms with Gasteiger partial charge in [0.2, 0.25) is 0 Å². The Morgan fingerprint density at radius 3 is 2.41 bits per heavy atom. The summed E-state index contributed by atoms with van der Waals surface area (Å²) in [7, 11) is 2.18. The fraction of sp³-hybridized carbons (Fsp3) is 0.348. The number of hydrogen-bond acceptors (Lipinski definition) is 4. The third-order valence-electron chi connectivity index (χ3n) is 5.84. The molecule has 0 radical (unpaired) electrons. The van der Waals surface area contributed by atoms with E-state index in [0.29, 0.717) is 22.9 Å². The van der Waals surface area contributed by atoms with E-state index in [1.807, 2.05) is 24.3 Å². The second-order valence-corrected chi connectivity index (χ2v) is 7.90. The van der Waals surface area contributed by atoms with E-state index in [4.69, 9.17) is 0 Å². The lowest BCUT2D eigenvalue weighted by Gasteiger charge is -2.31. The monoisotopic (exact) mass is 391 g/mol. The van der Waals surface area contributed by atoms with Crippen LogP contribution in [-0.2, 0) is 6.54 Å². The molecule has 1 aliphatic carbocycles. The molecule has 0 bridgehead atoms. The van der Waals surface area contributed by atoms with Crippen molar-refractivity contribution in [3.8, 4) is 0 Å². The summed E-state index contributed by atoms with van der Waals surface area (Å²) in [6.45, 7) is 0.896. The summed E-state index contributed by atoms with van der Waals surface area (Å²) >= 11 is 0. The molecule has 1 aliphatic heterocycles. The average molecular weight is 391 g/mol. The van der Waals surface area contributed by atoms with Crippen molar-refractivity contribution in [2.45, 2.75) is 44.7 Å². The fourth-order valence-electron chi connectivity index (χ4n) is 4.14. The minimum atomic E-state index is -0.467. The van der Waals surface area contributed by atoms with Crippen LogP contribution in [0.2, 0.25) is 0 Å². The van der Waals surface area contributed by atoms with Crippen LogP contribution in [0.4, 0.5) is 5.69 Å². The molecule has 6 heteroatoms. The lowest BCUT2D eigenvalue weighted by Crippen LogP contribution is -2.32. The quantitative estimate of drug-likeness (QED) is 0.764. The lowest BCUT2D eigenvalue weighted by atomic mass is 9.94. The van der Waals surface area contributed by atoms with Crippen molar-refractivity contribution >= 4 is 23.4 Å². The summed E-state index contributed by atoms with van der Waals surface area (Å²) in [5.74, 6) is -1.20. The van der Waals surface area contributed by atoms with Crippen molar-refractivity contribution in [3.63, 3.8) is 0 Å². The first-order chi connectivity index (χ1) is 14.0. The van der Waals surface area contributed by atoms with E-state index in [1.165, 1.54) is 49.8 Å². The Labute approximate surface area is 170 Å². The largest absolute Gasteiger partial charge is 0.322 e. The second kappa shape index (κ2) is 8.17. The summed E-state index contributed by atoms with van der Waals surface area (Å²) < 4.78 is 0. The fourth-order valence-corrected chi connectivity index (χ4v) is 4.14. The zero-order valence-electron chi connectivity index (χ0n) is 16.5. The predicted molar refractivity (Wildman–Crippen MR) is 111 cm³/mol. The normalized spacial score (nSPS) is 16.6. The zero-order chi connectivity index (χ0) is 20.4. The van der Waals surface area contributed by atoms with Crippen LogP contribution in [-0.4, -0.2) is 35.7 Å². The maximum Gasteiger partial charge on any atom is 0.258 e. The highest BCUT2D eigenvalue weighted by atomic mass is 16.2. The molecule has 0 atom stereocenters. The summed E-state index contributed by atoms with van der Waals surface area (Å²) in [4.78, 5) is 38.4. The Morgan fingerprint density at radius 1 is 1.00 bits per heavy atom. The van der Waals surface area contributed by atoms with E-state index in [0.717, 1.165) is 6.54 Å². The summed E-state index contributed by atoms with van der Waals surface area (Å²) in [6, 6.07) is 13.0. The van der Waals surface area contributed by atoms with Gasteiger partial charge in [0.15, 0.2) is 0 Å². The molecule has 4 rings (SSSR count). The Morgan fingerprint density at radius 2 is 1.69 bits per heavy atom. The molecule has 0 saturated heterocycles. The number of hydrogen-bond donors (Lipinski definition) is 2. The van der Waals surface area contributed by atoms with Crippen LogP contribution < -0.4 is 10.6 Å². The molecular weight excluding hydrogens is 366 g/mol. The van der Waals surface area contributed by atoms with Gasteiger partial charge in [-0.3, -0.25) is 24.6 Å². The number of imide groups is 1. The maximum atomic E-state index is 12.5. The van der Waals surface area contributed by atoms with Gasteiger partial charge in [0, 0.05) is 23.8 Å². The van der Waals surface area contributed by atoms with Crippen LogP contribution in [0.5, 0.6) is 0 Å². The van der Waals surface area contributed by atoms with Crippen molar-refractivity contribution in [3.05, 3.63) is 64.7 Å². The zero-order valence-corrected chi connectivity index (χ0v) is 16.5. The van der Waals surface area contributed by atoms with Crippen molar-refractivity contribution in [1.82, 2.24) is 10.2 Å². The van der Waals surface area contributed by atoms with Crippen molar-refractivity contribution in [2.75, 3.05) is 12.4 Å². The maximum absolute atomic E-state index is 12.5. The molecule has 0 aromatic heterocycles. The smallest absolute Gasteiger partial charge is 0.258 e. The highest BCUT2D eigenvalue weighted by Gasteiger charge is 2.27. The number of amides is 3. The average Bonchev–Trinajstić information content (AvgIpc) is 3.03. The Balaban J connectivity index is 1.38. The standard InChI is InChI=1S/C23H25N3O3/c1-26(18-5-3-2-4-6-18)14-15-7-10-17(11-8-15)24-21(27)16-9-12-19-20(13-16)23(29)25-22(19)28/h7-13,18H,2-6,14H2,1H3,(H,24,27)(H,25,28,29). The highest BCUT2D eigenvalue weighted by Crippen LogP contribution is 2.23. The number of carbonyl (C=O) groups excluding carboxylic acids is 3. The first kappa shape index (κ1) is 19.3. The van der Waals surface area contributed by atoms with Gasteiger partial charge in [0.05, 0.1) is 11.1 Å². The Kier molecular flexibility index (Phi) is 5.45. The number of nitrogens with zero attached hydrogens (tertiary/aromatic N) is 1. The van der Waals surface area contributed by atoms with Gasteiger partial charge in [0.1, 0.15) is 0 Å². The molecule has 0 spiro atoms. The molecule has 6 nitrogen and oxygen atoms in total. The van der Waals surface area contributed by atoms with E-state index in [1.54, 1.807) is 6.07 Å². The van der Waals surface area contributed by atoms with Gasteiger partial charge in [-0.1, -0.05) is 31.4 Å². The molecule has 29 heavy (non-hydrogen) atoms. The van der Waals surface area contributed by atoms with Crippen LogP contribution >= 0.6 is 0 Å². The first-order valence-corrected chi connectivity index (χ1v) is 10.1. The predicted octanol–water partition coefficient (Wildman–Crippen LogP) is 3.59. The SMILES string of the molecule is CN(Cc1ccc(NC(=O)c2ccc3c(c2)C(=O)NC3=O)cc1)C1CCCCC1. The van der Waals surface area contributed by atoms with Crippen molar-refractivity contribution in [1.29, 1.82) is 0 Å². The summed E-state index contributed by atoms with van der Waals surface area (Å²) in [5, 5.41) is 5.08. The lowest BCUT2D eigenvalue weighted by molar-refractivity contribution is 0.0879. The molecular formula is C23H25N3O3. The minimum Gasteiger partial charge on any atom is -0.322 e. The van der Waals surface area contributed by atoms with Crippen LogP contribution in [0.25, 0.3) is 0 Å². The molecule has 2 N–H and O–H groups in total. The number of benzene rings is 2. The van der Waals surface area contributed by atoms with E-state index in [-0.39, 0.29) is 11.5 Å². The Hall–Kier alpha value is -2.99. The number of rotatable bonds is 5. The molecule has 3 amide bonds. The number of anilines is 1. The molecule has 150 valence electrons. The van der Waals surface area contributed by atoms with Crippen LogP contribution in [0, 0.1) is 0 Å². The first-order valence-electron chi connectivity index (χ1n) is 10.1. The third-order valence-corrected chi connectivity index (χ3v) is 5.84. The third kappa shape index (κ3) is 4.22. The molecule has 0 unspecified atom stereocenters. The molecule has 2 aliphatic rings. The van der Waals surface area contributed by atoms with Gasteiger partial charge >= 0.3 is 0 Å².